The number of hydrogen-bond acceptors (Lipinski definition) is 4. The van der Waals surface area contributed by atoms with E-state index in [0.717, 1.165) is 29.4 Å². The van der Waals surface area contributed by atoms with Crippen molar-refractivity contribution in [3.63, 3.8) is 0 Å². The Morgan fingerprint density at radius 1 is 1.14 bits per heavy atom. The van der Waals surface area contributed by atoms with Crippen LogP contribution in [0.5, 0.6) is 11.6 Å². The summed E-state index contributed by atoms with van der Waals surface area (Å²) in [7, 11) is 3.69. The highest BCUT2D eigenvalue weighted by atomic mass is 16.5. The van der Waals surface area contributed by atoms with Crippen LogP contribution in [0.4, 0.5) is 0 Å². The Hall–Kier alpha value is -1.81. The van der Waals surface area contributed by atoms with Gasteiger partial charge in [0.15, 0.2) is 0 Å². The van der Waals surface area contributed by atoms with Crippen molar-refractivity contribution in [3.8, 4) is 11.6 Å². The van der Waals surface area contributed by atoms with Crippen molar-refractivity contribution in [1.29, 1.82) is 0 Å². The SMILES string of the molecule is CNC1CCCCC1Oc1nccc2c(OC)cccc12. The largest absolute Gasteiger partial charge is 0.496 e. The van der Waals surface area contributed by atoms with Crippen LogP contribution in [0.25, 0.3) is 10.8 Å². The van der Waals surface area contributed by atoms with Crippen molar-refractivity contribution >= 4 is 10.8 Å². The fraction of sp³-hybridized carbons (Fsp3) is 0.471. The Morgan fingerprint density at radius 2 is 2.00 bits per heavy atom. The number of aromatic nitrogens is 1. The fourth-order valence-corrected chi connectivity index (χ4v) is 3.13. The molecule has 2 unspecified atom stereocenters. The monoisotopic (exact) mass is 286 g/mol. The number of rotatable bonds is 4. The van der Waals surface area contributed by atoms with Crippen molar-refractivity contribution in [1.82, 2.24) is 10.3 Å². The molecule has 0 aliphatic heterocycles. The summed E-state index contributed by atoms with van der Waals surface area (Å²) in [5, 5.41) is 5.42. The Morgan fingerprint density at radius 3 is 2.81 bits per heavy atom. The standard InChI is InChI=1S/C17H22N2O2/c1-18-14-7-3-4-8-16(14)21-17-13-6-5-9-15(20-2)12(13)10-11-19-17/h5-6,9-11,14,16,18H,3-4,7-8H2,1-2H3. The van der Waals surface area contributed by atoms with Crippen LogP contribution in [-0.4, -0.2) is 31.3 Å². The molecule has 4 heteroatoms. The molecule has 1 heterocycles. The summed E-state index contributed by atoms with van der Waals surface area (Å²) in [4.78, 5) is 4.44. The molecule has 112 valence electrons. The maximum atomic E-state index is 6.24. The lowest BCUT2D eigenvalue weighted by Gasteiger charge is -2.31. The number of hydrogen-bond donors (Lipinski definition) is 1. The van der Waals surface area contributed by atoms with E-state index in [9.17, 15) is 0 Å². The number of ether oxygens (including phenoxy) is 2. The first kappa shape index (κ1) is 14.1. The molecular weight excluding hydrogens is 264 g/mol. The van der Waals surface area contributed by atoms with Gasteiger partial charge in [-0.05, 0) is 44.5 Å². The zero-order chi connectivity index (χ0) is 14.7. The first-order valence-electron chi connectivity index (χ1n) is 7.59. The molecule has 21 heavy (non-hydrogen) atoms. The summed E-state index contributed by atoms with van der Waals surface area (Å²) in [6.07, 6.45) is 6.70. The van der Waals surface area contributed by atoms with Crippen LogP contribution in [0.2, 0.25) is 0 Å². The second-order valence-corrected chi connectivity index (χ2v) is 5.51. The highest BCUT2D eigenvalue weighted by molar-refractivity contribution is 5.91. The molecule has 0 amide bonds. The predicted molar refractivity (Wildman–Crippen MR) is 84.0 cm³/mol. The van der Waals surface area contributed by atoms with Crippen molar-refractivity contribution in [2.75, 3.05) is 14.2 Å². The van der Waals surface area contributed by atoms with E-state index >= 15 is 0 Å². The lowest BCUT2D eigenvalue weighted by Crippen LogP contribution is -2.43. The second-order valence-electron chi connectivity index (χ2n) is 5.51. The van der Waals surface area contributed by atoms with Crippen molar-refractivity contribution in [3.05, 3.63) is 30.5 Å². The minimum atomic E-state index is 0.188. The number of benzene rings is 1. The van der Waals surface area contributed by atoms with Crippen LogP contribution in [0.3, 0.4) is 0 Å². The third-order valence-corrected chi connectivity index (χ3v) is 4.29. The van der Waals surface area contributed by atoms with Crippen molar-refractivity contribution in [2.45, 2.75) is 37.8 Å². The Balaban J connectivity index is 1.93. The molecule has 0 bridgehead atoms. The average Bonchev–Trinajstić information content (AvgIpc) is 2.55. The Labute approximate surface area is 125 Å². The Kier molecular flexibility index (Phi) is 4.25. The third kappa shape index (κ3) is 2.81. The van der Waals surface area contributed by atoms with Crippen LogP contribution in [0, 0.1) is 0 Å². The number of nitrogens with one attached hydrogen (secondary N) is 1. The summed E-state index contributed by atoms with van der Waals surface area (Å²) in [6, 6.07) is 8.35. The van der Waals surface area contributed by atoms with Crippen LogP contribution in [-0.2, 0) is 0 Å². The molecule has 2 atom stereocenters. The van der Waals surface area contributed by atoms with Crippen LogP contribution >= 0.6 is 0 Å². The molecule has 1 aliphatic rings. The lowest BCUT2D eigenvalue weighted by molar-refractivity contribution is 0.115. The molecule has 1 N–H and O–H groups in total. The minimum Gasteiger partial charge on any atom is -0.496 e. The molecule has 0 saturated heterocycles. The van der Waals surface area contributed by atoms with Gasteiger partial charge in [0.05, 0.1) is 7.11 Å². The van der Waals surface area contributed by atoms with Crippen LogP contribution < -0.4 is 14.8 Å². The van der Waals surface area contributed by atoms with Gasteiger partial charge in [-0.25, -0.2) is 4.98 Å². The Bertz CT molecular complexity index is 615. The van der Waals surface area contributed by atoms with Crippen molar-refractivity contribution in [2.24, 2.45) is 0 Å². The number of nitrogens with zero attached hydrogens (tertiary/aromatic N) is 1. The molecule has 1 aliphatic carbocycles. The van der Waals surface area contributed by atoms with E-state index in [-0.39, 0.29) is 6.10 Å². The molecule has 0 spiro atoms. The van der Waals surface area contributed by atoms with Gasteiger partial charge < -0.3 is 14.8 Å². The van der Waals surface area contributed by atoms with Gasteiger partial charge in [-0.15, -0.1) is 0 Å². The van der Waals surface area contributed by atoms with E-state index in [1.54, 1.807) is 13.3 Å². The first-order valence-corrected chi connectivity index (χ1v) is 7.59. The fourth-order valence-electron chi connectivity index (χ4n) is 3.13. The number of fused-ring (bicyclic) bond motifs is 1. The lowest BCUT2D eigenvalue weighted by atomic mass is 9.92. The number of methoxy groups -OCH3 is 1. The maximum Gasteiger partial charge on any atom is 0.221 e. The highest BCUT2D eigenvalue weighted by Crippen LogP contribution is 2.32. The summed E-state index contributed by atoms with van der Waals surface area (Å²) < 4.78 is 11.7. The zero-order valence-corrected chi connectivity index (χ0v) is 12.6. The van der Waals surface area contributed by atoms with Gasteiger partial charge in [0.1, 0.15) is 11.9 Å². The van der Waals surface area contributed by atoms with E-state index in [2.05, 4.69) is 10.3 Å². The summed E-state index contributed by atoms with van der Waals surface area (Å²) in [6.45, 7) is 0. The van der Waals surface area contributed by atoms with Gasteiger partial charge in [-0.2, -0.15) is 0 Å². The summed E-state index contributed by atoms with van der Waals surface area (Å²) in [5.74, 6) is 1.56. The molecule has 3 rings (SSSR count). The van der Waals surface area contributed by atoms with E-state index < -0.39 is 0 Å². The third-order valence-electron chi connectivity index (χ3n) is 4.29. The van der Waals surface area contributed by atoms with Gasteiger partial charge in [-0.3, -0.25) is 0 Å². The van der Waals surface area contributed by atoms with Crippen LogP contribution in [0.15, 0.2) is 30.5 Å². The van der Waals surface area contributed by atoms with Gasteiger partial charge in [0, 0.05) is 23.0 Å². The smallest absolute Gasteiger partial charge is 0.221 e. The van der Waals surface area contributed by atoms with E-state index in [4.69, 9.17) is 9.47 Å². The maximum absolute atomic E-state index is 6.24. The van der Waals surface area contributed by atoms with E-state index in [0.29, 0.717) is 11.9 Å². The van der Waals surface area contributed by atoms with Gasteiger partial charge in [0.2, 0.25) is 5.88 Å². The van der Waals surface area contributed by atoms with Gasteiger partial charge >= 0.3 is 0 Å². The second kappa shape index (κ2) is 6.31. The molecule has 1 saturated carbocycles. The normalized spacial score (nSPS) is 22.2. The highest BCUT2D eigenvalue weighted by Gasteiger charge is 2.26. The number of pyridine rings is 1. The predicted octanol–water partition coefficient (Wildman–Crippen LogP) is 3.15. The van der Waals surface area contributed by atoms with Crippen LogP contribution in [0.1, 0.15) is 25.7 Å². The molecule has 0 radical (unpaired) electrons. The summed E-state index contributed by atoms with van der Waals surface area (Å²) in [5.41, 5.74) is 0. The van der Waals surface area contributed by atoms with Gasteiger partial charge in [-0.1, -0.05) is 12.5 Å². The van der Waals surface area contributed by atoms with E-state index in [1.807, 2.05) is 31.3 Å². The summed E-state index contributed by atoms with van der Waals surface area (Å²) >= 11 is 0. The first-order chi connectivity index (χ1) is 10.3. The molecule has 4 nitrogen and oxygen atoms in total. The zero-order valence-electron chi connectivity index (χ0n) is 12.6. The quantitative estimate of drug-likeness (QED) is 0.937. The molecule has 1 aromatic heterocycles. The topological polar surface area (TPSA) is 43.4 Å². The molecule has 2 aromatic rings. The number of likely N-dealkylation sites (N-methyl/N-ethyl adjacent to an activating group) is 1. The molecule has 1 aromatic carbocycles. The molecule has 1 fully saturated rings. The van der Waals surface area contributed by atoms with Crippen molar-refractivity contribution < 1.29 is 9.47 Å². The van der Waals surface area contributed by atoms with Gasteiger partial charge in [0.25, 0.3) is 0 Å². The average molecular weight is 286 g/mol. The van der Waals surface area contributed by atoms with E-state index in [1.165, 1.54) is 12.8 Å². The minimum absolute atomic E-state index is 0.188. The molecular formula is C17H22N2O2.